The Balaban J connectivity index is 1.51. The second kappa shape index (κ2) is 11.9. The lowest BCUT2D eigenvalue weighted by molar-refractivity contribution is -0.118. The number of para-hydroxylation sites is 1. The van der Waals surface area contributed by atoms with Gasteiger partial charge in [0.1, 0.15) is 5.75 Å². The van der Waals surface area contributed by atoms with E-state index in [9.17, 15) is 9.59 Å². The number of nitrogens with one attached hydrogen (secondary N) is 1. The van der Waals surface area contributed by atoms with E-state index in [2.05, 4.69) is 5.32 Å². The van der Waals surface area contributed by atoms with Crippen molar-refractivity contribution in [2.75, 3.05) is 11.9 Å². The summed E-state index contributed by atoms with van der Waals surface area (Å²) < 4.78 is 5.53. The van der Waals surface area contributed by atoms with E-state index in [4.69, 9.17) is 22.1 Å². The molecule has 0 aromatic heterocycles. The van der Waals surface area contributed by atoms with Gasteiger partial charge in [-0.15, -0.1) is 0 Å². The Morgan fingerprint density at radius 1 is 0.971 bits per heavy atom. The Labute approximate surface area is 211 Å². The van der Waals surface area contributed by atoms with Crippen LogP contribution in [0.25, 0.3) is 0 Å². The molecule has 0 saturated heterocycles. The largest absolute Gasteiger partial charge is 0.484 e. The number of nitrogens with zero attached hydrogens (tertiary/aromatic N) is 1. The molecule has 1 aliphatic rings. The summed E-state index contributed by atoms with van der Waals surface area (Å²) in [5, 5.41) is 3.38. The number of anilines is 1. The Morgan fingerprint density at radius 2 is 1.66 bits per heavy atom. The Bertz CT molecular complexity index is 1140. The minimum absolute atomic E-state index is 0.0743. The number of amides is 2. The minimum Gasteiger partial charge on any atom is -0.484 e. The Morgan fingerprint density at radius 3 is 2.37 bits per heavy atom. The van der Waals surface area contributed by atoms with Crippen LogP contribution in [0.2, 0.25) is 5.02 Å². The fourth-order valence-electron chi connectivity index (χ4n) is 4.43. The third-order valence-corrected chi connectivity index (χ3v) is 6.62. The van der Waals surface area contributed by atoms with Crippen LogP contribution in [0.4, 0.5) is 5.69 Å². The molecule has 35 heavy (non-hydrogen) atoms. The number of carbonyl (C=O) groups is 2. The fraction of sp³-hybridized carbons (Fsp3) is 0.286. The smallest absolute Gasteiger partial charge is 0.262 e. The van der Waals surface area contributed by atoms with Crippen LogP contribution in [0.5, 0.6) is 5.75 Å². The molecule has 0 spiro atoms. The summed E-state index contributed by atoms with van der Waals surface area (Å²) in [5.74, 6) is 0.265. The molecule has 3 N–H and O–H groups in total. The van der Waals surface area contributed by atoms with E-state index in [1.807, 2.05) is 59.5 Å². The summed E-state index contributed by atoms with van der Waals surface area (Å²) in [6, 6.07) is 23.5. The minimum atomic E-state index is -0.284. The van der Waals surface area contributed by atoms with Crippen molar-refractivity contribution in [1.29, 1.82) is 0 Å². The molecule has 0 heterocycles. The predicted octanol–water partition coefficient (Wildman–Crippen LogP) is 5.27. The highest BCUT2D eigenvalue weighted by atomic mass is 35.5. The van der Waals surface area contributed by atoms with E-state index in [0.29, 0.717) is 28.6 Å². The molecule has 182 valence electrons. The SMILES string of the molecule is NC1CCCCC1N(Cc1cc(NC(=O)COc2ccccc2)ccc1Cl)C(=O)c1ccccc1. The summed E-state index contributed by atoms with van der Waals surface area (Å²) >= 11 is 6.54. The number of hydrogen-bond acceptors (Lipinski definition) is 4. The van der Waals surface area contributed by atoms with Crippen LogP contribution in [0.3, 0.4) is 0 Å². The van der Waals surface area contributed by atoms with E-state index in [1.165, 1.54) is 0 Å². The topological polar surface area (TPSA) is 84.7 Å². The number of halogens is 1. The van der Waals surface area contributed by atoms with Crippen molar-refractivity contribution < 1.29 is 14.3 Å². The molecule has 0 aliphatic heterocycles. The van der Waals surface area contributed by atoms with Gasteiger partial charge in [0.2, 0.25) is 0 Å². The molecule has 3 aromatic rings. The third kappa shape index (κ3) is 6.62. The first-order valence-corrected chi connectivity index (χ1v) is 12.3. The number of benzene rings is 3. The highest BCUT2D eigenvalue weighted by molar-refractivity contribution is 6.31. The predicted molar refractivity (Wildman–Crippen MR) is 139 cm³/mol. The average molecular weight is 492 g/mol. The zero-order valence-corrected chi connectivity index (χ0v) is 20.3. The maximum absolute atomic E-state index is 13.5. The lowest BCUT2D eigenvalue weighted by Gasteiger charge is -2.38. The van der Waals surface area contributed by atoms with Gasteiger partial charge in [-0.3, -0.25) is 9.59 Å². The lowest BCUT2D eigenvalue weighted by atomic mass is 9.89. The van der Waals surface area contributed by atoms with Crippen LogP contribution in [0, 0.1) is 0 Å². The van der Waals surface area contributed by atoms with Crippen molar-refractivity contribution in [2.24, 2.45) is 5.73 Å². The number of rotatable bonds is 8. The Hall–Kier alpha value is -3.35. The third-order valence-electron chi connectivity index (χ3n) is 6.25. The zero-order chi connectivity index (χ0) is 24.6. The van der Waals surface area contributed by atoms with Gasteiger partial charge in [-0.1, -0.05) is 60.8 Å². The standard InChI is InChI=1S/C28H30ClN3O3/c29-24-16-15-22(31-27(33)19-35-23-11-5-2-6-12-23)17-21(24)18-32(26-14-8-7-13-25(26)30)28(34)20-9-3-1-4-10-20/h1-6,9-12,15-17,25-26H,7-8,13-14,18-19,30H2,(H,31,33). The normalized spacial score (nSPS) is 17.4. The monoisotopic (exact) mass is 491 g/mol. The molecule has 4 rings (SSSR count). The molecule has 2 unspecified atom stereocenters. The highest BCUT2D eigenvalue weighted by Crippen LogP contribution is 2.28. The van der Waals surface area contributed by atoms with Crippen LogP contribution >= 0.6 is 11.6 Å². The zero-order valence-electron chi connectivity index (χ0n) is 19.5. The van der Waals surface area contributed by atoms with Crippen molar-refractivity contribution in [1.82, 2.24) is 4.90 Å². The summed E-state index contributed by atoms with van der Waals surface area (Å²) in [6.07, 6.45) is 3.83. The molecule has 2 atom stereocenters. The van der Waals surface area contributed by atoms with Gasteiger partial charge < -0.3 is 20.7 Å². The van der Waals surface area contributed by atoms with Gasteiger partial charge in [0.05, 0.1) is 0 Å². The molecule has 0 bridgehead atoms. The summed E-state index contributed by atoms with van der Waals surface area (Å²) in [6.45, 7) is 0.187. The molecule has 0 radical (unpaired) electrons. The number of hydrogen-bond donors (Lipinski definition) is 2. The number of carbonyl (C=O) groups excluding carboxylic acids is 2. The van der Waals surface area contributed by atoms with Crippen LogP contribution in [-0.4, -0.2) is 35.4 Å². The van der Waals surface area contributed by atoms with Crippen molar-refractivity contribution in [2.45, 2.75) is 44.3 Å². The second-order valence-electron chi connectivity index (χ2n) is 8.77. The van der Waals surface area contributed by atoms with E-state index in [-0.39, 0.29) is 30.5 Å². The Kier molecular flexibility index (Phi) is 8.40. The van der Waals surface area contributed by atoms with Gasteiger partial charge in [-0.05, 0) is 60.9 Å². The van der Waals surface area contributed by atoms with E-state index in [1.54, 1.807) is 24.3 Å². The van der Waals surface area contributed by atoms with Crippen LogP contribution in [-0.2, 0) is 11.3 Å². The maximum atomic E-state index is 13.5. The first kappa shape index (κ1) is 24.8. The molecule has 6 nitrogen and oxygen atoms in total. The van der Waals surface area contributed by atoms with Crippen molar-refractivity contribution >= 4 is 29.1 Å². The maximum Gasteiger partial charge on any atom is 0.262 e. The van der Waals surface area contributed by atoms with Crippen molar-refractivity contribution in [3.8, 4) is 5.75 Å². The second-order valence-corrected chi connectivity index (χ2v) is 9.18. The summed E-state index contributed by atoms with van der Waals surface area (Å²) in [4.78, 5) is 27.8. The van der Waals surface area contributed by atoms with Gasteiger partial charge in [0, 0.05) is 34.9 Å². The van der Waals surface area contributed by atoms with E-state index >= 15 is 0 Å². The molecule has 1 saturated carbocycles. The summed E-state index contributed by atoms with van der Waals surface area (Å²) in [7, 11) is 0. The molecule has 1 fully saturated rings. The first-order chi connectivity index (χ1) is 17.0. The molecular formula is C28H30ClN3O3. The van der Waals surface area contributed by atoms with Crippen LogP contribution < -0.4 is 15.8 Å². The van der Waals surface area contributed by atoms with Crippen LogP contribution in [0.15, 0.2) is 78.9 Å². The molecule has 3 aromatic carbocycles. The average Bonchev–Trinajstić information content (AvgIpc) is 2.89. The first-order valence-electron chi connectivity index (χ1n) is 11.9. The van der Waals surface area contributed by atoms with Gasteiger partial charge in [0.15, 0.2) is 6.61 Å². The molecule has 7 heteroatoms. The van der Waals surface area contributed by atoms with Gasteiger partial charge in [0.25, 0.3) is 11.8 Å². The van der Waals surface area contributed by atoms with Crippen molar-refractivity contribution in [3.05, 3.63) is 95.0 Å². The molecule has 1 aliphatic carbocycles. The molecule has 2 amide bonds. The van der Waals surface area contributed by atoms with E-state index < -0.39 is 0 Å². The number of ether oxygens (including phenoxy) is 1. The quantitative estimate of drug-likeness (QED) is 0.449. The summed E-state index contributed by atoms with van der Waals surface area (Å²) in [5.41, 5.74) is 8.42. The van der Waals surface area contributed by atoms with Crippen LogP contribution in [0.1, 0.15) is 41.6 Å². The van der Waals surface area contributed by atoms with Gasteiger partial charge >= 0.3 is 0 Å². The van der Waals surface area contributed by atoms with E-state index in [0.717, 1.165) is 31.2 Å². The lowest BCUT2D eigenvalue weighted by Crippen LogP contribution is -2.51. The number of nitrogens with two attached hydrogens (primary N) is 1. The van der Waals surface area contributed by atoms with Gasteiger partial charge in [-0.25, -0.2) is 0 Å². The van der Waals surface area contributed by atoms with Gasteiger partial charge in [-0.2, -0.15) is 0 Å². The molecular weight excluding hydrogens is 462 g/mol. The highest BCUT2D eigenvalue weighted by Gasteiger charge is 2.32. The van der Waals surface area contributed by atoms with Crippen molar-refractivity contribution in [3.63, 3.8) is 0 Å². The fourth-order valence-corrected chi connectivity index (χ4v) is 4.61.